The summed E-state index contributed by atoms with van der Waals surface area (Å²) in [6.07, 6.45) is 9.41. The van der Waals surface area contributed by atoms with Crippen molar-refractivity contribution in [2.24, 2.45) is 5.41 Å². The van der Waals surface area contributed by atoms with Gasteiger partial charge >= 0.3 is 0 Å². The molecule has 2 aromatic rings. The molecule has 0 aromatic carbocycles. The van der Waals surface area contributed by atoms with E-state index in [1.54, 1.807) is 12.4 Å². The van der Waals surface area contributed by atoms with Crippen LogP contribution >= 0.6 is 0 Å². The number of aryl methyl sites for hydroxylation is 1. The Labute approximate surface area is 138 Å². The quantitative estimate of drug-likeness (QED) is 0.852. The van der Waals surface area contributed by atoms with Gasteiger partial charge in [-0.3, -0.25) is 14.5 Å². The molecular formula is C18H26N4O. The van der Waals surface area contributed by atoms with E-state index in [1.165, 1.54) is 0 Å². The number of hydrogen-bond acceptors (Lipinski definition) is 3. The van der Waals surface area contributed by atoms with E-state index in [-0.39, 0.29) is 17.4 Å². The molecule has 2 aromatic heterocycles. The van der Waals surface area contributed by atoms with Crippen LogP contribution < -0.4 is 5.32 Å². The zero-order valence-corrected chi connectivity index (χ0v) is 14.2. The van der Waals surface area contributed by atoms with Crippen LogP contribution in [0.25, 0.3) is 0 Å². The van der Waals surface area contributed by atoms with Gasteiger partial charge in [0.15, 0.2) is 0 Å². The topological polar surface area (TPSA) is 59.8 Å². The Kier molecular flexibility index (Phi) is 5.90. The zero-order valence-electron chi connectivity index (χ0n) is 14.2. The highest BCUT2D eigenvalue weighted by Crippen LogP contribution is 2.29. The highest BCUT2D eigenvalue weighted by molar-refractivity contribution is 5.76. The van der Waals surface area contributed by atoms with Crippen LogP contribution in [0.5, 0.6) is 0 Å². The molecule has 0 aliphatic heterocycles. The number of aromatic nitrogens is 3. The van der Waals surface area contributed by atoms with Crippen molar-refractivity contribution < 1.29 is 4.79 Å². The average Bonchev–Trinajstić information content (AvgIpc) is 2.99. The second-order valence-corrected chi connectivity index (χ2v) is 7.04. The molecular weight excluding hydrogens is 288 g/mol. The van der Waals surface area contributed by atoms with Gasteiger partial charge in [-0.05, 0) is 36.0 Å². The van der Waals surface area contributed by atoms with Crippen molar-refractivity contribution in [1.29, 1.82) is 0 Å². The molecule has 0 bridgehead atoms. The zero-order chi connectivity index (χ0) is 16.7. The van der Waals surface area contributed by atoms with E-state index in [1.807, 2.05) is 35.3 Å². The van der Waals surface area contributed by atoms with Gasteiger partial charge in [0.2, 0.25) is 5.91 Å². The molecule has 1 amide bonds. The van der Waals surface area contributed by atoms with E-state index < -0.39 is 0 Å². The first kappa shape index (κ1) is 17.2. The summed E-state index contributed by atoms with van der Waals surface area (Å²) in [7, 11) is 0. The molecule has 1 atom stereocenters. The Morgan fingerprint density at radius 2 is 2.13 bits per heavy atom. The molecule has 23 heavy (non-hydrogen) atoms. The van der Waals surface area contributed by atoms with Gasteiger partial charge in [0, 0.05) is 37.8 Å². The molecule has 0 aliphatic rings. The maximum Gasteiger partial charge on any atom is 0.220 e. The number of carbonyl (C=O) groups is 1. The first-order chi connectivity index (χ1) is 10.9. The predicted octanol–water partition coefficient (Wildman–Crippen LogP) is 3.35. The average molecular weight is 314 g/mol. The molecule has 0 aliphatic carbocycles. The van der Waals surface area contributed by atoms with Crippen molar-refractivity contribution >= 4 is 5.91 Å². The summed E-state index contributed by atoms with van der Waals surface area (Å²) in [5.74, 6) is 0.0789. The van der Waals surface area contributed by atoms with Crippen LogP contribution in [0.3, 0.4) is 0 Å². The van der Waals surface area contributed by atoms with Crippen LogP contribution in [0.4, 0.5) is 0 Å². The molecule has 0 radical (unpaired) electrons. The van der Waals surface area contributed by atoms with Crippen molar-refractivity contribution in [2.45, 2.75) is 52.6 Å². The fourth-order valence-electron chi connectivity index (χ4n) is 2.55. The van der Waals surface area contributed by atoms with Gasteiger partial charge < -0.3 is 5.32 Å². The molecule has 0 saturated heterocycles. The van der Waals surface area contributed by atoms with Gasteiger partial charge in [0.1, 0.15) is 0 Å². The van der Waals surface area contributed by atoms with Crippen LogP contribution in [0.1, 0.15) is 51.6 Å². The molecule has 2 heterocycles. The van der Waals surface area contributed by atoms with Crippen LogP contribution in [0, 0.1) is 5.41 Å². The minimum atomic E-state index is 0.000836. The van der Waals surface area contributed by atoms with Crippen molar-refractivity contribution in [1.82, 2.24) is 20.1 Å². The number of carbonyl (C=O) groups excluding carboxylic acids is 1. The van der Waals surface area contributed by atoms with E-state index in [2.05, 4.69) is 36.2 Å². The first-order valence-electron chi connectivity index (χ1n) is 8.11. The summed E-state index contributed by atoms with van der Waals surface area (Å²) in [6, 6.07) is 5.82. The Balaban J connectivity index is 1.90. The third-order valence-corrected chi connectivity index (χ3v) is 3.59. The summed E-state index contributed by atoms with van der Waals surface area (Å²) < 4.78 is 1.85. The summed E-state index contributed by atoms with van der Waals surface area (Å²) in [4.78, 5) is 16.5. The summed E-state index contributed by atoms with van der Waals surface area (Å²) in [5, 5.41) is 7.31. The van der Waals surface area contributed by atoms with Gasteiger partial charge in [-0.25, -0.2) is 0 Å². The summed E-state index contributed by atoms with van der Waals surface area (Å²) >= 11 is 0. The molecule has 0 spiro atoms. The molecule has 1 N–H and O–H groups in total. The monoisotopic (exact) mass is 314 g/mol. The Hall–Kier alpha value is -2.17. The highest BCUT2D eigenvalue weighted by Gasteiger charge is 2.22. The second kappa shape index (κ2) is 7.90. The number of pyridine rings is 1. The maximum atomic E-state index is 12.3. The lowest BCUT2D eigenvalue weighted by atomic mass is 9.86. The fraction of sp³-hybridized carbons (Fsp3) is 0.500. The Morgan fingerprint density at radius 3 is 2.74 bits per heavy atom. The van der Waals surface area contributed by atoms with Gasteiger partial charge in [0.05, 0.1) is 6.04 Å². The molecule has 5 nitrogen and oxygen atoms in total. The predicted molar refractivity (Wildman–Crippen MR) is 90.7 cm³/mol. The molecule has 0 fully saturated rings. The lowest BCUT2D eigenvalue weighted by Gasteiger charge is -2.27. The number of rotatable bonds is 7. The van der Waals surface area contributed by atoms with Gasteiger partial charge in [-0.15, -0.1) is 0 Å². The third kappa shape index (κ3) is 6.22. The van der Waals surface area contributed by atoms with Crippen molar-refractivity contribution in [3.8, 4) is 0 Å². The van der Waals surface area contributed by atoms with E-state index in [0.29, 0.717) is 6.42 Å². The Bertz CT molecular complexity index is 587. The number of hydrogen-bond donors (Lipinski definition) is 1. The maximum absolute atomic E-state index is 12.3. The highest BCUT2D eigenvalue weighted by atomic mass is 16.1. The minimum Gasteiger partial charge on any atom is -0.349 e. The van der Waals surface area contributed by atoms with Crippen LogP contribution in [0.15, 0.2) is 43.0 Å². The fourth-order valence-corrected chi connectivity index (χ4v) is 2.55. The summed E-state index contributed by atoms with van der Waals surface area (Å²) in [5.41, 5.74) is 1.19. The van der Waals surface area contributed by atoms with Crippen molar-refractivity contribution in [3.05, 3.63) is 48.5 Å². The SMILES string of the molecule is CC(C)(C)CC(NC(=O)CCCn1cccn1)c1cccnc1. The van der Waals surface area contributed by atoms with E-state index >= 15 is 0 Å². The molecule has 0 saturated carbocycles. The number of nitrogens with one attached hydrogen (secondary N) is 1. The molecule has 124 valence electrons. The first-order valence-corrected chi connectivity index (χ1v) is 8.11. The Morgan fingerprint density at radius 1 is 1.30 bits per heavy atom. The third-order valence-electron chi connectivity index (χ3n) is 3.59. The standard InChI is InChI=1S/C18H26N4O/c1-18(2,3)13-16(15-7-4-9-19-14-15)21-17(23)8-5-11-22-12-6-10-20-22/h4,6-7,9-10,12,14,16H,5,8,11,13H2,1-3H3,(H,21,23). The lowest BCUT2D eigenvalue weighted by molar-refractivity contribution is -0.122. The van der Waals surface area contributed by atoms with Gasteiger partial charge in [-0.1, -0.05) is 26.8 Å². The van der Waals surface area contributed by atoms with E-state index in [0.717, 1.165) is 24.9 Å². The molecule has 5 heteroatoms. The normalized spacial score (nSPS) is 12.8. The van der Waals surface area contributed by atoms with Crippen molar-refractivity contribution in [3.63, 3.8) is 0 Å². The van der Waals surface area contributed by atoms with E-state index in [9.17, 15) is 4.79 Å². The van der Waals surface area contributed by atoms with Crippen LogP contribution in [0.2, 0.25) is 0 Å². The number of amides is 1. The van der Waals surface area contributed by atoms with Crippen molar-refractivity contribution in [2.75, 3.05) is 0 Å². The second-order valence-electron chi connectivity index (χ2n) is 7.04. The minimum absolute atomic E-state index is 0.000836. The van der Waals surface area contributed by atoms with Gasteiger partial charge in [0.25, 0.3) is 0 Å². The molecule has 1 unspecified atom stereocenters. The molecule has 2 rings (SSSR count). The number of nitrogens with zero attached hydrogens (tertiary/aromatic N) is 3. The van der Waals surface area contributed by atoms with Crippen LogP contribution in [-0.4, -0.2) is 20.7 Å². The van der Waals surface area contributed by atoms with E-state index in [4.69, 9.17) is 0 Å². The van der Waals surface area contributed by atoms with Gasteiger partial charge in [-0.2, -0.15) is 5.10 Å². The lowest BCUT2D eigenvalue weighted by Crippen LogP contribution is -2.31. The summed E-state index contributed by atoms with van der Waals surface area (Å²) in [6.45, 7) is 7.30. The van der Waals surface area contributed by atoms with Crippen LogP contribution in [-0.2, 0) is 11.3 Å². The largest absolute Gasteiger partial charge is 0.349 e. The smallest absolute Gasteiger partial charge is 0.220 e.